The molecule has 0 unspecified atom stereocenters. The molecular weight excluding hydrogens is 120 g/mol. The maximum Gasteiger partial charge on any atom is -0.0198 e. The molecule has 0 aromatic carbocycles. The van der Waals surface area contributed by atoms with Gasteiger partial charge in [0.2, 0.25) is 0 Å². The van der Waals surface area contributed by atoms with Crippen LogP contribution in [0, 0.1) is 17.8 Å². The summed E-state index contributed by atoms with van der Waals surface area (Å²) in [7, 11) is 0. The minimum Gasteiger partial charge on any atom is -0.0848 e. The second kappa shape index (κ2) is 1.66. The van der Waals surface area contributed by atoms with E-state index in [2.05, 4.69) is 6.08 Å². The van der Waals surface area contributed by atoms with E-state index in [4.69, 9.17) is 0 Å². The summed E-state index contributed by atoms with van der Waals surface area (Å²) in [5.41, 5.74) is 1.83. The molecule has 0 nitrogen and oxygen atoms in total. The van der Waals surface area contributed by atoms with E-state index in [-0.39, 0.29) is 0 Å². The molecule has 3 rings (SSSR count). The van der Waals surface area contributed by atoms with Crippen molar-refractivity contribution in [3.8, 4) is 0 Å². The Morgan fingerprint density at radius 1 is 1.10 bits per heavy atom. The van der Waals surface area contributed by atoms with Crippen LogP contribution in [-0.2, 0) is 0 Å². The summed E-state index contributed by atoms with van der Waals surface area (Å²) in [6, 6.07) is 0. The van der Waals surface area contributed by atoms with Crippen LogP contribution in [0.3, 0.4) is 0 Å². The highest BCUT2D eigenvalue weighted by Gasteiger charge is 2.39. The molecule has 0 radical (unpaired) electrons. The van der Waals surface area contributed by atoms with Crippen molar-refractivity contribution in [1.29, 1.82) is 0 Å². The third-order valence-electron chi connectivity index (χ3n) is 3.66. The first-order chi connectivity index (χ1) is 4.92. The quantitative estimate of drug-likeness (QED) is 0.447. The molecule has 0 aromatic rings. The third-order valence-corrected chi connectivity index (χ3v) is 3.66. The summed E-state index contributed by atoms with van der Waals surface area (Å²) in [6.45, 7) is 0. The zero-order valence-electron chi connectivity index (χ0n) is 6.34. The maximum absolute atomic E-state index is 2.55. The highest BCUT2D eigenvalue weighted by Crippen LogP contribution is 2.52. The minimum absolute atomic E-state index is 1.05. The minimum atomic E-state index is 1.05. The fourth-order valence-corrected chi connectivity index (χ4v) is 3.29. The van der Waals surface area contributed by atoms with Gasteiger partial charge in [-0.05, 0) is 49.9 Å². The predicted octanol–water partition coefficient (Wildman–Crippen LogP) is 2.75. The molecule has 3 aliphatic carbocycles. The van der Waals surface area contributed by atoms with Crippen LogP contribution >= 0.6 is 0 Å². The first-order valence-corrected chi connectivity index (χ1v) is 4.61. The standard InChI is InChI=1S/C10H14/c1-2-9-5-8-3-7(1)4-10(9)6-8/h2,7-8,10H,1,3-6H2/t7-,8-,10-/m1/s1. The van der Waals surface area contributed by atoms with E-state index < -0.39 is 0 Å². The summed E-state index contributed by atoms with van der Waals surface area (Å²) in [4.78, 5) is 0. The molecule has 3 bridgehead atoms. The van der Waals surface area contributed by atoms with Gasteiger partial charge in [0.25, 0.3) is 0 Å². The van der Waals surface area contributed by atoms with Crippen LogP contribution < -0.4 is 0 Å². The lowest BCUT2D eigenvalue weighted by Gasteiger charge is -2.29. The second-order valence-electron chi connectivity index (χ2n) is 4.35. The summed E-state index contributed by atoms with van der Waals surface area (Å²) < 4.78 is 0. The molecule has 10 heavy (non-hydrogen) atoms. The van der Waals surface area contributed by atoms with Gasteiger partial charge in [-0.3, -0.25) is 0 Å². The van der Waals surface area contributed by atoms with Gasteiger partial charge < -0.3 is 0 Å². The molecule has 2 fully saturated rings. The van der Waals surface area contributed by atoms with Crippen LogP contribution in [0.1, 0.15) is 32.1 Å². The van der Waals surface area contributed by atoms with E-state index in [1.165, 1.54) is 12.8 Å². The Kier molecular flexibility index (Phi) is 0.898. The lowest BCUT2D eigenvalue weighted by molar-refractivity contribution is 0.262. The SMILES string of the molecule is C1=C2C[C@H]3C[C@@H](C1)C[C@@H]2C3. The zero-order valence-corrected chi connectivity index (χ0v) is 6.34. The van der Waals surface area contributed by atoms with Crippen molar-refractivity contribution in [3.63, 3.8) is 0 Å². The lowest BCUT2D eigenvalue weighted by Crippen LogP contribution is -2.17. The van der Waals surface area contributed by atoms with Crippen molar-refractivity contribution in [2.24, 2.45) is 17.8 Å². The van der Waals surface area contributed by atoms with Gasteiger partial charge in [-0.1, -0.05) is 11.6 Å². The summed E-state index contributed by atoms with van der Waals surface area (Å²) in [5.74, 6) is 3.25. The molecule has 0 saturated heterocycles. The van der Waals surface area contributed by atoms with Gasteiger partial charge in [-0.15, -0.1) is 0 Å². The van der Waals surface area contributed by atoms with Gasteiger partial charge >= 0.3 is 0 Å². The third kappa shape index (κ3) is 0.574. The first-order valence-electron chi connectivity index (χ1n) is 4.61. The van der Waals surface area contributed by atoms with Crippen molar-refractivity contribution in [2.75, 3.05) is 0 Å². The summed E-state index contributed by atoms with van der Waals surface area (Å²) >= 11 is 0. The summed E-state index contributed by atoms with van der Waals surface area (Å²) in [6.07, 6.45) is 10.1. The molecule has 0 heterocycles. The molecule has 0 N–H and O–H groups in total. The second-order valence-corrected chi connectivity index (χ2v) is 4.35. The van der Waals surface area contributed by atoms with Gasteiger partial charge in [0.1, 0.15) is 0 Å². The Labute approximate surface area is 62.3 Å². The van der Waals surface area contributed by atoms with E-state index >= 15 is 0 Å². The predicted molar refractivity (Wildman–Crippen MR) is 41.6 cm³/mol. The fourth-order valence-electron chi connectivity index (χ4n) is 3.29. The van der Waals surface area contributed by atoms with Gasteiger partial charge in [-0.25, -0.2) is 0 Å². The first kappa shape index (κ1) is 5.40. The Hall–Kier alpha value is -0.260. The Morgan fingerprint density at radius 2 is 2.00 bits per heavy atom. The highest BCUT2D eigenvalue weighted by molar-refractivity contribution is 5.19. The van der Waals surface area contributed by atoms with Crippen molar-refractivity contribution in [3.05, 3.63) is 11.6 Å². The maximum atomic E-state index is 2.55. The monoisotopic (exact) mass is 134 g/mol. The van der Waals surface area contributed by atoms with Crippen molar-refractivity contribution in [1.82, 2.24) is 0 Å². The molecule has 0 aromatic heterocycles. The average Bonchev–Trinajstić information content (AvgIpc) is 2.11. The van der Waals surface area contributed by atoms with Crippen molar-refractivity contribution < 1.29 is 0 Å². The normalized spacial score (nSPS) is 49.6. The average molecular weight is 134 g/mol. The van der Waals surface area contributed by atoms with Crippen LogP contribution in [0.25, 0.3) is 0 Å². The van der Waals surface area contributed by atoms with Crippen LogP contribution in [0.2, 0.25) is 0 Å². The zero-order chi connectivity index (χ0) is 6.55. The molecule has 0 amide bonds. The van der Waals surface area contributed by atoms with E-state index in [0.29, 0.717) is 0 Å². The van der Waals surface area contributed by atoms with Gasteiger partial charge in [0.15, 0.2) is 0 Å². The van der Waals surface area contributed by atoms with E-state index in [1.807, 2.05) is 5.57 Å². The number of hydrogen-bond acceptors (Lipinski definition) is 0. The number of fused-ring (bicyclic) bond motifs is 2. The molecule has 2 saturated carbocycles. The van der Waals surface area contributed by atoms with Crippen LogP contribution in [0.5, 0.6) is 0 Å². The van der Waals surface area contributed by atoms with Crippen LogP contribution in [0.4, 0.5) is 0 Å². The van der Waals surface area contributed by atoms with Crippen LogP contribution in [0.15, 0.2) is 11.6 Å². The molecule has 54 valence electrons. The van der Waals surface area contributed by atoms with Crippen molar-refractivity contribution >= 4 is 0 Å². The molecular formula is C10H14. The molecule has 3 aliphatic rings. The van der Waals surface area contributed by atoms with Gasteiger partial charge in [0, 0.05) is 0 Å². The smallest absolute Gasteiger partial charge is 0.0198 e. The van der Waals surface area contributed by atoms with Gasteiger partial charge in [-0.2, -0.15) is 0 Å². The Balaban J connectivity index is 2.06. The molecule has 0 aliphatic heterocycles. The summed E-state index contributed by atoms with van der Waals surface area (Å²) in [5, 5.41) is 0. The fraction of sp³-hybridized carbons (Fsp3) is 0.800. The lowest BCUT2D eigenvalue weighted by atomic mass is 9.76. The highest BCUT2D eigenvalue weighted by atomic mass is 14.4. The van der Waals surface area contributed by atoms with E-state index in [1.54, 1.807) is 19.3 Å². The number of hydrogen-bond donors (Lipinski definition) is 0. The molecule has 0 heteroatoms. The molecule has 3 atom stereocenters. The largest absolute Gasteiger partial charge is 0.0848 e. The Morgan fingerprint density at radius 3 is 3.00 bits per heavy atom. The number of allylic oxidation sites excluding steroid dienone is 2. The van der Waals surface area contributed by atoms with Crippen LogP contribution in [-0.4, -0.2) is 0 Å². The molecule has 0 spiro atoms. The number of rotatable bonds is 0. The van der Waals surface area contributed by atoms with Gasteiger partial charge in [0.05, 0.1) is 0 Å². The van der Waals surface area contributed by atoms with E-state index in [9.17, 15) is 0 Å². The van der Waals surface area contributed by atoms with E-state index in [0.717, 1.165) is 17.8 Å². The van der Waals surface area contributed by atoms with Crippen molar-refractivity contribution in [2.45, 2.75) is 32.1 Å². The Bertz CT molecular complexity index is 190. The topological polar surface area (TPSA) is 0 Å².